The molecule has 0 aliphatic carbocycles. The highest BCUT2D eigenvalue weighted by Gasteiger charge is 2.12. The third-order valence-corrected chi connectivity index (χ3v) is 4.21. The van der Waals surface area contributed by atoms with Crippen molar-refractivity contribution in [2.24, 2.45) is 0 Å². The summed E-state index contributed by atoms with van der Waals surface area (Å²) in [5.74, 6) is 0.316. The van der Waals surface area contributed by atoms with Crippen molar-refractivity contribution >= 4 is 16.8 Å². The minimum Gasteiger partial charge on any atom is -0.345 e. The second-order valence-corrected chi connectivity index (χ2v) is 6.17. The van der Waals surface area contributed by atoms with Crippen molar-refractivity contribution in [2.45, 2.75) is 20.0 Å². The minimum absolute atomic E-state index is 0.0613. The number of para-hydroxylation sites is 1. The van der Waals surface area contributed by atoms with E-state index in [4.69, 9.17) is 4.52 Å². The van der Waals surface area contributed by atoms with Crippen LogP contribution in [0.25, 0.3) is 22.3 Å². The highest BCUT2D eigenvalue weighted by molar-refractivity contribution is 5.81. The van der Waals surface area contributed by atoms with Crippen molar-refractivity contribution in [3.63, 3.8) is 0 Å². The molecule has 1 N–H and O–H groups in total. The molecule has 0 aliphatic rings. The summed E-state index contributed by atoms with van der Waals surface area (Å²) in [6.45, 7) is 1.79. The number of carbonyl (C=O) groups is 1. The zero-order valence-electron chi connectivity index (χ0n) is 15.0. The Bertz CT molecular complexity index is 1200. The number of pyridine rings is 1. The van der Waals surface area contributed by atoms with Gasteiger partial charge in [-0.05, 0) is 30.7 Å². The molecule has 4 rings (SSSR count). The number of hydrogen-bond acceptors (Lipinski definition) is 7. The van der Waals surface area contributed by atoms with E-state index in [1.807, 2.05) is 13.0 Å². The van der Waals surface area contributed by atoms with Gasteiger partial charge in [0.15, 0.2) is 0 Å². The molecule has 0 unspecified atom stereocenters. The summed E-state index contributed by atoms with van der Waals surface area (Å²) in [4.78, 5) is 37.2. The summed E-state index contributed by atoms with van der Waals surface area (Å²) in [6.07, 6.45) is 4.64. The zero-order valence-corrected chi connectivity index (χ0v) is 15.0. The molecule has 3 aromatic heterocycles. The topological polar surface area (TPSA) is 116 Å². The molecule has 0 saturated heterocycles. The largest absolute Gasteiger partial charge is 0.345 e. The second kappa shape index (κ2) is 7.39. The molecule has 0 saturated carbocycles. The van der Waals surface area contributed by atoms with Crippen LogP contribution >= 0.6 is 0 Å². The summed E-state index contributed by atoms with van der Waals surface area (Å²) in [7, 11) is 0. The van der Waals surface area contributed by atoms with Crippen LogP contribution in [0.5, 0.6) is 0 Å². The monoisotopic (exact) mass is 376 g/mol. The molecule has 0 atom stereocenters. The number of aryl methyl sites for hydroxylation is 1. The predicted molar refractivity (Wildman–Crippen MR) is 100 cm³/mol. The Morgan fingerprint density at radius 3 is 2.86 bits per heavy atom. The van der Waals surface area contributed by atoms with Gasteiger partial charge in [-0.1, -0.05) is 17.3 Å². The Hall–Kier alpha value is -3.88. The molecule has 140 valence electrons. The maximum atomic E-state index is 12.5. The number of fused-ring (bicyclic) bond motifs is 1. The predicted octanol–water partition coefficient (Wildman–Crippen LogP) is 1.47. The molecule has 9 heteroatoms. The summed E-state index contributed by atoms with van der Waals surface area (Å²) in [5, 5.41) is 7.02. The number of benzene rings is 1. The van der Waals surface area contributed by atoms with Crippen LogP contribution in [0.4, 0.5) is 0 Å². The van der Waals surface area contributed by atoms with Gasteiger partial charge in [0, 0.05) is 18.0 Å². The lowest BCUT2D eigenvalue weighted by Gasteiger charge is -2.07. The molecule has 1 amide bonds. The number of carbonyl (C=O) groups excluding carboxylic acids is 1. The van der Waals surface area contributed by atoms with Gasteiger partial charge in [0.1, 0.15) is 6.54 Å². The Balaban J connectivity index is 1.43. The molecule has 28 heavy (non-hydrogen) atoms. The summed E-state index contributed by atoms with van der Waals surface area (Å²) < 4.78 is 6.41. The summed E-state index contributed by atoms with van der Waals surface area (Å²) in [6, 6.07) is 8.89. The van der Waals surface area contributed by atoms with Gasteiger partial charge >= 0.3 is 0 Å². The Morgan fingerprint density at radius 2 is 2.04 bits per heavy atom. The van der Waals surface area contributed by atoms with E-state index in [9.17, 15) is 9.59 Å². The van der Waals surface area contributed by atoms with E-state index in [0.717, 1.165) is 11.1 Å². The van der Waals surface area contributed by atoms with Crippen LogP contribution in [0.15, 0.2) is 58.4 Å². The third-order valence-electron chi connectivity index (χ3n) is 4.21. The fraction of sp³-hybridized carbons (Fsp3) is 0.158. The van der Waals surface area contributed by atoms with Crippen LogP contribution in [0.2, 0.25) is 0 Å². The quantitative estimate of drug-likeness (QED) is 0.560. The lowest BCUT2D eigenvalue weighted by Crippen LogP contribution is -2.32. The van der Waals surface area contributed by atoms with Gasteiger partial charge in [-0.3, -0.25) is 19.1 Å². The first-order chi connectivity index (χ1) is 13.6. The van der Waals surface area contributed by atoms with Gasteiger partial charge in [0.25, 0.3) is 5.56 Å². The number of aromatic nitrogens is 5. The first kappa shape index (κ1) is 17.5. The van der Waals surface area contributed by atoms with Gasteiger partial charge in [-0.15, -0.1) is 0 Å². The van der Waals surface area contributed by atoms with Crippen molar-refractivity contribution in [3.8, 4) is 11.4 Å². The fourth-order valence-corrected chi connectivity index (χ4v) is 2.78. The molecule has 0 radical (unpaired) electrons. The number of rotatable bonds is 5. The zero-order chi connectivity index (χ0) is 19.5. The fourth-order valence-electron chi connectivity index (χ4n) is 2.78. The van der Waals surface area contributed by atoms with E-state index in [-0.39, 0.29) is 30.4 Å². The van der Waals surface area contributed by atoms with Crippen LogP contribution in [-0.4, -0.2) is 30.6 Å². The van der Waals surface area contributed by atoms with Crippen molar-refractivity contribution in [1.29, 1.82) is 0 Å². The molecule has 0 aliphatic heterocycles. The van der Waals surface area contributed by atoms with E-state index < -0.39 is 0 Å². The standard InChI is InChI=1S/C19H16N6O3/c1-12-3-2-4-14-17(12)22-11-25(19(14)27)10-15(26)21-9-16-23-18(24-28-16)13-5-7-20-8-6-13/h2-8,11H,9-10H2,1H3,(H,21,26). The van der Waals surface area contributed by atoms with Gasteiger partial charge in [0.2, 0.25) is 17.6 Å². The molecular formula is C19H16N6O3. The third kappa shape index (κ3) is 3.50. The van der Waals surface area contributed by atoms with E-state index in [1.54, 1.807) is 36.7 Å². The van der Waals surface area contributed by atoms with E-state index >= 15 is 0 Å². The van der Waals surface area contributed by atoms with Crippen LogP contribution in [-0.2, 0) is 17.9 Å². The van der Waals surface area contributed by atoms with Gasteiger partial charge in [-0.25, -0.2) is 4.98 Å². The Kier molecular flexibility index (Phi) is 4.63. The minimum atomic E-state index is -0.362. The molecule has 0 fully saturated rings. The van der Waals surface area contributed by atoms with Crippen molar-refractivity contribution < 1.29 is 9.32 Å². The Morgan fingerprint density at radius 1 is 1.21 bits per heavy atom. The number of hydrogen-bond donors (Lipinski definition) is 1. The summed E-state index contributed by atoms with van der Waals surface area (Å²) >= 11 is 0. The SMILES string of the molecule is Cc1cccc2c(=O)n(CC(=O)NCc3nc(-c4ccncc4)no3)cnc12. The van der Waals surface area contributed by atoms with Gasteiger partial charge < -0.3 is 9.84 Å². The maximum Gasteiger partial charge on any atom is 0.261 e. The molecule has 4 aromatic rings. The van der Waals surface area contributed by atoms with Gasteiger partial charge in [-0.2, -0.15) is 4.98 Å². The molecule has 0 bridgehead atoms. The van der Waals surface area contributed by atoms with Crippen LogP contribution < -0.4 is 10.9 Å². The van der Waals surface area contributed by atoms with Crippen molar-refractivity contribution in [2.75, 3.05) is 0 Å². The van der Waals surface area contributed by atoms with Crippen LogP contribution in [0.1, 0.15) is 11.5 Å². The molecule has 1 aromatic carbocycles. The number of amides is 1. The van der Waals surface area contributed by atoms with E-state index in [0.29, 0.717) is 16.7 Å². The smallest absolute Gasteiger partial charge is 0.261 e. The first-order valence-electron chi connectivity index (χ1n) is 8.56. The van der Waals surface area contributed by atoms with E-state index in [2.05, 4.69) is 25.4 Å². The van der Waals surface area contributed by atoms with Crippen molar-refractivity contribution in [1.82, 2.24) is 30.0 Å². The molecular weight excluding hydrogens is 360 g/mol. The lowest BCUT2D eigenvalue weighted by molar-refractivity contribution is -0.122. The molecule has 3 heterocycles. The van der Waals surface area contributed by atoms with Crippen LogP contribution in [0.3, 0.4) is 0 Å². The number of nitrogens with zero attached hydrogens (tertiary/aromatic N) is 5. The van der Waals surface area contributed by atoms with E-state index in [1.165, 1.54) is 10.9 Å². The number of nitrogens with one attached hydrogen (secondary N) is 1. The molecule has 0 spiro atoms. The Labute approximate surface area is 159 Å². The lowest BCUT2D eigenvalue weighted by atomic mass is 10.1. The normalized spacial score (nSPS) is 10.9. The summed E-state index contributed by atoms with van der Waals surface area (Å²) in [5.41, 5.74) is 2.05. The average molecular weight is 376 g/mol. The van der Waals surface area contributed by atoms with Gasteiger partial charge in [0.05, 0.1) is 23.8 Å². The van der Waals surface area contributed by atoms with Crippen molar-refractivity contribution in [3.05, 3.63) is 70.9 Å². The maximum absolute atomic E-state index is 12.5. The molecule has 9 nitrogen and oxygen atoms in total. The average Bonchev–Trinajstić information content (AvgIpc) is 3.19. The van der Waals surface area contributed by atoms with Crippen LogP contribution in [0, 0.1) is 6.92 Å². The first-order valence-corrected chi connectivity index (χ1v) is 8.56. The highest BCUT2D eigenvalue weighted by atomic mass is 16.5. The second-order valence-electron chi connectivity index (χ2n) is 6.17. The highest BCUT2D eigenvalue weighted by Crippen LogP contribution is 2.14.